The van der Waals surface area contributed by atoms with Crippen LogP contribution in [0.5, 0.6) is 0 Å². The van der Waals surface area contributed by atoms with Gasteiger partial charge in [-0.1, -0.05) is 6.92 Å². The molecule has 3 aromatic rings. The molecule has 10 nitrogen and oxygen atoms in total. The smallest absolute Gasteiger partial charge is 0.307 e. The largest absolute Gasteiger partial charge is 0.416 e. The Hall–Kier alpha value is -3.07. The number of halogens is 3. The first kappa shape index (κ1) is 23.6. The van der Waals surface area contributed by atoms with Crippen molar-refractivity contribution in [2.45, 2.75) is 18.0 Å². The first-order valence-electron chi connectivity index (χ1n) is 8.88. The van der Waals surface area contributed by atoms with Crippen LogP contribution in [0.2, 0.25) is 0 Å². The molecule has 3 aromatic heterocycles. The van der Waals surface area contributed by atoms with Gasteiger partial charge in [0, 0.05) is 13.2 Å². The van der Waals surface area contributed by atoms with Crippen molar-refractivity contribution in [1.29, 1.82) is 0 Å². The fourth-order valence-corrected chi connectivity index (χ4v) is 4.26. The molecular formula is C17H17F3N6O4S2. The van der Waals surface area contributed by atoms with E-state index in [1.807, 2.05) is 0 Å². The minimum atomic E-state index is -4.60. The third-order valence-corrected chi connectivity index (χ3v) is 6.61. The molecule has 172 valence electrons. The highest BCUT2D eigenvalue weighted by molar-refractivity contribution is 7.92. The maximum absolute atomic E-state index is 13.1. The first-order chi connectivity index (χ1) is 14.7. The number of hydrogen-bond acceptors (Lipinski definition) is 8. The van der Waals surface area contributed by atoms with Gasteiger partial charge in [0.15, 0.2) is 21.5 Å². The third kappa shape index (κ3) is 4.88. The van der Waals surface area contributed by atoms with Gasteiger partial charge in [0.2, 0.25) is 10.0 Å². The van der Waals surface area contributed by atoms with E-state index in [1.54, 1.807) is 0 Å². The predicted octanol–water partition coefficient (Wildman–Crippen LogP) is 2.12. The van der Waals surface area contributed by atoms with Crippen LogP contribution < -0.4 is 4.72 Å². The van der Waals surface area contributed by atoms with Crippen molar-refractivity contribution in [1.82, 2.24) is 24.7 Å². The van der Waals surface area contributed by atoms with Gasteiger partial charge < -0.3 is 4.57 Å². The van der Waals surface area contributed by atoms with Crippen LogP contribution in [0, 0.1) is 0 Å². The third-order valence-electron chi connectivity index (χ3n) is 4.27. The van der Waals surface area contributed by atoms with Crippen molar-refractivity contribution in [3.8, 4) is 23.0 Å². The average Bonchev–Trinajstić information content (AvgIpc) is 3.07. The summed E-state index contributed by atoms with van der Waals surface area (Å²) in [6.07, 6.45) is -2.74. The van der Waals surface area contributed by atoms with E-state index in [1.165, 1.54) is 30.7 Å². The predicted molar refractivity (Wildman–Crippen MR) is 109 cm³/mol. The molecule has 32 heavy (non-hydrogen) atoms. The average molecular weight is 490 g/mol. The molecule has 3 rings (SSSR count). The first-order valence-corrected chi connectivity index (χ1v) is 12.4. The van der Waals surface area contributed by atoms with Gasteiger partial charge in [0.05, 0.1) is 22.5 Å². The van der Waals surface area contributed by atoms with Crippen LogP contribution in [0.15, 0.2) is 35.4 Å². The zero-order valence-electron chi connectivity index (χ0n) is 16.9. The second-order valence-electron chi connectivity index (χ2n) is 6.65. The summed E-state index contributed by atoms with van der Waals surface area (Å²) in [6.45, 7) is 1.41. The summed E-state index contributed by atoms with van der Waals surface area (Å²) in [5.74, 6) is -0.627. The minimum absolute atomic E-state index is 0.0748. The van der Waals surface area contributed by atoms with E-state index >= 15 is 0 Å². The lowest BCUT2D eigenvalue weighted by Gasteiger charge is -2.12. The Labute approximate surface area is 181 Å². The van der Waals surface area contributed by atoms with E-state index < -0.39 is 31.6 Å². The molecule has 0 radical (unpaired) electrons. The number of rotatable bonds is 6. The molecular weight excluding hydrogens is 473 g/mol. The van der Waals surface area contributed by atoms with Gasteiger partial charge >= 0.3 is 6.18 Å². The standard InChI is InChI=1S/C17H17F3N6O4S2/c1-4-32(29,30)12-5-6-13(25-31(3,27)28)22-14(12)16-24-23-15(26(16)2)11-9-10(7-8-21-11)17(18,19)20/h5-9H,4H2,1-3H3,(H,22,25). The SMILES string of the molecule is CCS(=O)(=O)c1ccc(NS(C)(=O)=O)nc1-c1nnc(-c2cc(C(F)(F)F)ccn2)n1C. The van der Waals surface area contributed by atoms with Gasteiger partial charge in [-0.3, -0.25) is 9.71 Å². The Morgan fingerprint density at radius 2 is 1.72 bits per heavy atom. The molecule has 15 heteroatoms. The Morgan fingerprint density at radius 3 is 2.31 bits per heavy atom. The number of aromatic nitrogens is 5. The van der Waals surface area contributed by atoms with Crippen LogP contribution >= 0.6 is 0 Å². The van der Waals surface area contributed by atoms with Gasteiger partial charge in [0.1, 0.15) is 17.2 Å². The highest BCUT2D eigenvalue weighted by atomic mass is 32.2. The molecule has 0 bridgehead atoms. The van der Waals surface area contributed by atoms with Crippen LogP contribution in [0.3, 0.4) is 0 Å². The summed E-state index contributed by atoms with van der Waals surface area (Å²) >= 11 is 0. The Kier molecular flexibility index (Phi) is 5.99. The minimum Gasteiger partial charge on any atom is -0.307 e. The van der Waals surface area contributed by atoms with Crippen LogP contribution in [0.4, 0.5) is 19.0 Å². The Balaban J connectivity index is 2.20. The second-order valence-corrected chi connectivity index (χ2v) is 10.6. The number of hydrogen-bond donors (Lipinski definition) is 1. The number of anilines is 1. The van der Waals surface area contributed by atoms with Crippen molar-refractivity contribution >= 4 is 25.7 Å². The molecule has 0 spiro atoms. The topological polar surface area (TPSA) is 137 Å². The monoisotopic (exact) mass is 490 g/mol. The lowest BCUT2D eigenvalue weighted by Crippen LogP contribution is -2.14. The lowest BCUT2D eigenvalue weighted by molar-refractivity contribution is -0.137. The van der Waals surface area contributed by atoms with Gasteiger partial charge in [-0.2, -0.15) is 13.2 Å². The highest BCUT2D eigenvalue weighted by Crippen LogP contribution is 2.32. The zero-order chi connectivity index (χ0) is 23.9. The molecule has 0 aliphatic carbocycles. The zero-order valence-corrected chi connectivity index (χ0v) is 18.5. The number of pyridine rings is 2. The van der Waals surface area contributed by atoms with E-state index in [0.717, 1.165) is 24.6 Å². The van der Waals surface area contributed by atoms with Crippen LogP contribution in [0.25, 0.3) is 23.0 Å². The summed E-state index contributed by atoms with van der Waals surface area (Å²) in [6, 6.07) is 3.94. The van der Waals surface area contributed by atoms with Crippen LogP contribution in [-0.4, -0.2) is 53.6 Å². The van der Waals surface area contributed by atoms with E-state index in [2.05, 4.69) is 24.9 Å². The highest BCUT2D eigenvalue weighted by Gasteiger charge is 2.31. The van der Waals surface area contributed by atoms with Gasteiger partial charge in [-0.15, -0.1) is 10.2 Å². The molecule has 0 unspecified atom stereocenters. The van der Waals surface area contributed by atoms with E-state index in [0.29, 0.717) is 0 Å². The summed E-state index contributed by atoms with van der Waals surface area (Å²) in [4.78, 5) is 7.73. The fourth-order valence-electron chi connectivity index (χ4n) is 2.75. The summed E-state index contributed by atoms with van der Waals surface area (Å²) in [7, 11) is -6.14. The number of nitrogens with one attached hydrogen (secondary N) is 1. The summed E-state index contributed by atoms with van der Waals surface area (Å²) in [5.41, 5.74) is -1.31. The van der Waals surface area contributed by atoms with Gasteiger partial charge in [-0.05, 0) is 24.3 Å². The maximum Gasteiger partial charge on any atom is 0.416 e. The Bertz CT molecular complexity index is 1390. The molecule has 1 N–H and O–H groups in total. The van der Waals surface area contributed by atoms with E-state index in [4.69, 9.17) is 0 Å². The molecule has 0 saturated carbocycles. The van der Waals surface area contributed by atoms with Gasteiger partial charge in [-0.25, -0.2) is 21.8 Å². The number of sulfone groups is 1. The van der Waals surface area contributed by atoms with Crippen molar-refractivity contribution in [2.75, 3.05) is 16.7 Å². The lowest BCUT2D eigenvalue weighted by atomic mass is 10.2. The molecule has 3 heterocycles. The summed E-state index contributed by atoms with van der Waals surface area (Å²) < 4.78 is 90.8. The number of alkyl halides is 3. The number of sulfonamides is 1. The normalized spacial score (nSPS) is 12.7. The second kappa shape index (κ2) is 8.12. The Morgan fingerprint density at radius 1 is 1.06 bits per heavy atom. The molecule has 0 amide bonds. The summed E-state index contributed by atoms with van der Waals surface area (Å²) in [5, 5.41) is 7.74. The fraction of sp³-hybridized carbons (Fsp3) is 0.294. The molecule has 0 aromatic carbocycles. The molecule has 0 atom stereocenters. The van der Waals surface area contributed by atoms with Crippen molar-refractivity contribution in [3.63, 3.8) is 0 Å². The molecule has 0 aliphatic rings. The molecule has 0 aliphatic heterocycles. The quantitative estimate of drug-likeness (QED) is 0.555. The number of nitrogens with zero attached hydrogens (tertiary/aromatic N) is 5. The van der Waals surface area contributed by atoms with E-state index in [9.17, 15) is 30.0 Å². The molecule has 0 saturated heterocycles. The molecule has 0 fully saturated rings. The van der Waals surface area contributed by atoms with Crippen LogP contribution in [0.1, 0.15) is 12.5 Å². The van der Waals surface area contributed by atoms with Crippen LogP contribution in [-0.2, 0) is 33.1 Å². The maximum atomic E-state index is 13.1. The van der Waals surface area contributed by atoms with Crippen molar-refractivity contribution < 1.29 is 30.0 Å². The van der Waals surface area contributed by atoms with Gasteiger partial charge in [0.25, 0.3) is 0 Å². The van der Waals surface area contributed by atoms with Crippen molar-refractivity contribution in [2.24, 2.45) is 7.05 Å². The van der Waals surface area contributed by atoms with Crippen molar-refractivity contribution in [3.05, 3.63) is 36.0 Å². The van der Waals surface area contributed by atoms with E-state index in [-0.39, 0.29) is 39.5 Å².